The highest BCUT2D eigenvalue weighted by Gasteiger charge is 2.46. The highest BCUT2D eigenvalue weighted by Crippen LogP contribution is 2.37. The smallest absolute Gasteiger partial charge is 0.326 e. The molecular weight excluding hydrogens is 266 g/mol. The number of hydrogen-bond acceptors (Lipinski definition) is 5. The van der Waals surface area contributed by atoms with E-state index in [1.807, 2.05) is 6.92 Å². The van der Waals surface area contributed by atoms with Gasteiger partial charge in [0.05, 0.1) is 6.61 Å². The topological polar surface area (TPSA) is 58.8 Å². The summed E-state index contributed by atoms with van der Waals surface area (Å²) in [5, 5.41) is 0. The van der Waals surface area contributed by atoms with Crippen molar-refractivity contribution >= 4 is 5.97 Å². The molecular formula is C16H31N3O2. The Morgan fingerprint density at radius 3 is 2.86 bits per heavy atom. The molecule has 0 aromatic rings. The molecule has 5 heteroatoms. The molecule has 0 aromatic carbocycles. The second-order valence-electron chi connectivity index (χ2n) is 6.79. The van der Waals surface area contributed by atoms with Crippen LogP contribution in [0.1, 0.15) is 39.5 Å². The summed E-state index contributed by atoms with van der Waals surface area (Å²) in [6.07, 6.45) is 3.87. The Labute approximate surface area is 128 Å². The van der Waals surface area contributed by atoms with E-state index in [0.29, 0.717) is 12.6 Å². The summed E-state index contributed by atoms with van der Waals surface area (Å²) in [5.74, 6) is 0.0716. The first-order valence-corrected chi connectivity index (χ1v) is 8.36. The van der Waals surface area contributed by atoms with E-state index in [9.17, 15) is 4.79 Å². The molecule has 1 saturated heterocycles. The van der Waals surface area contributed by atoms with Crippen molar-refractivity contribution in [2.75, 3.05) is 39.8 Å². The van der Waals surface area contributed by atoms with Gasteiger partial charge in [-0.1, -0.05) is 6.42 Å². The van der Waals surface area contributed by atoms with Crippen molar-refractivity contribution in [1.82, 2.24) is 9.80 Å². The van der Waals surface area contributed by atoms with Crippen LogP contribution in [-0.4, -0.2) is 67.2 Å². The average molecular weight is 297 g/mol. The third kappa shape index (κ3) is 3.76. The Bertz CT molecular complexity index is 363. The lowest BCUT2D eigenvalue weighted by Gasteiger charge is -2.39. The lowest BCUT2D eigenvalue weighted by molar-refractivity contribution is -0.151. The molecule has 21 heavy (non-hydrogen) atoms. The standard InChI is InChI=1S/C16H31N3O2/c1-4-21-15(20)16(17)8-5-6-14(16)7-9-19-11-10-18(3)12-13(19)2/h13-14H,4-12,17H2,1-3H3. The van der Waals surface area contributed by atoms with Gasteiger partial charge < -0.3 is 15.4 Å². The lowest BCUT2D eigenvalue weighted by atomic mass is 9.85. The predicted octanol–water partition coefficient (Wildman–Crippen LogP) is 1.07. The largest absolute Gasteiger partial charge is 0.465 e. The van der Waals surface area contributed by atoms with Crippen molar-refractivity contribution in [3.05, 3.63) is 0 Å². The van der Waals surface area contributed by atoms with E-state index in [4.69, 9.17) is 10.5 Å². The molecule has 2 fully saturated rings. The van der Waals surface area contributed by atoms with Crippen LogP contribution >= 0.6 is 0 Å². The van der Waals surface area contributed by atoms with Crippen LogP contribution in [0.2, 0.25) is 0 Å². The molecule has 2 aliphatic rings. The fraction of sp³-hybridized carbons (Fsp3) is 0.938. The van der Waals surface area contributed by atoms with Crippen LogP contribution in [0.3, 0.4) is 0 Å². The molecule has 0 radical (unpaired) electrons. The van der Waals surface area contributed by atoms with Crippen LogP contribution in [0, 0.1) is 5.92 Å². The van der Waals surface area contributed by atoms with E-state index in [1.54, 1.807) is 0 Å². The molecule has 2 rings (SSSR count). The maximum absolute atomic E-state index is 12.2. The number of piperazine rings is 1. The summed E-state index contributed by atoms with van der Waals surface area (Å²) in [5.41, 5.74) is 5.66. The minimum atomic E-state index is -0.744. The number of carbonyl (C=O) groups is 1. The van der Waals surface area contributed by atoms with Crippen LogP contribution in [0.4, 0.5) is 0 Å². The SMILES string of the molecule is CCOC(=O)C1(N)CCCC1CCN1CCN(C)CC1C. The molecule has 1 aliphatic carbocycles. The molecule has 3 atom stereocenters. The quantitative estimate of drug-likeness (QED) is 0.769. The van der Waals surface area contributed by atoms with Crippen molar-refractivity contribution in [3.8, 4) is 0 Å². The maximum Gasteiger partial charge on any atom is 0.326 e. The first-order chi connectivity index (χ1) is 9.97. The molecule has 0 aromatic heterocycles. The fourth-order valence-corrected chi connectivity index (χ4v) is 3.87. The first kappa shape index (κ1) is 16.7. The Morgan fingerprint density at radius 2 is 2.19 bits per heavy atom. The van der Waals surface area contributed by atoms with Crippen LogP contribution in [0.25, 0.3) is 0 Å². The number of likely N-dealkylation sites (N-methyl/N-ethyl adjacent to an activating group) is 1. The summed E-state index contributed by atoms with van der Waals surface area (Å²) >= 11 is 0. The van der Waals surface area contributed by atoms with Crippen molar-refractivity contribution < 1.29 is 9.53 Å². The van der Waals surface area contributed by atoms with E-state index >= 15 is 0 Å². The lowest BCUT2D eigenvalue weighted by Crippen LogP contribution is -2.54. The van der Waals surface area contributed by atoms with Gasteiger partial charge in [0.2, 0.25) is 0 Å². The van der Waals surface area contributed by atoms with Crippen molar-refractivity contribution in [1.29, 1.82) is 0 Å². The van der Waals surface area contributed by atoms with E-state index in [1.165, 1.54) is 0 Å². The molecule has 1 saturated carbocycles. The van der Waals surface area contributed by atoms with Gasteiger partial charge in [0.1, 0.15) is 5.54 Å². The van der Waals surface area contributed by atoms with Gasteiger partial charge in [-0.2, -0.15) is 0 Å². The second-order valence-corrected chi connectivity index (χ2v) is 6.79. The van der Waals surface area contributed by atoms with Gasteiger partial charge in [0, 0.05) is 25.7 Å². The fourth-order valence-electron chi connectivity index (χ4n) is 3.87. The van der Waals surface area contributed by atoms with Crippen molar-refractivity contribution in [3.63, 3.8) is 0 Å². The zero-order chi connectivity index (χ0) is 15.5. The molecule has 0 amide bonds. The first-order valence-electron chi connectivity index (χ1n) is 8.36. The Morgan fingerprint density at radius 1 is 1.43 bits per heavy atom. The normalized spacial score (nSPS) is 35.0. The van der Waals surface area contributed by atoms with Crippen LogP contribution in [0.15, 0.2) is 0 Å². The number of nitrogens with two attached hydrogens (primary N) is 1. The molecule has 2 N–H and O–H groups in total. The van der Waals surface area contributed by atoms with Crippen molar-refractivity contribution in [2.45, 2.75) is 51.1 Å². The number of rotatable bonds is 5. The van der Waals surface area contributed by atoms with Gasteiger partial charge in [-0.25, -0.2) is 0 Å². The van der Waals surface area contributed by atoms with Gasteiger partial charge >= 0.3 is 5.97 Å². The van der Waals surface area contributed by atoms with Gasteiger partial charge in [-0.15, -0.1) is 0 Å². The second kappa shape index (κ2) is 7.07. The Hall–Kier alpha value is -0.650. The van der Waals surface area contributed by atoms with E-state index in [-0.39, 0.29) is 11.9 Å². The third-order valence-corrected chi connectivity index (χ3v) is 5.26. The van der Waals surface area contributed by atoms with E-state index in [0.717, 1.165) is 51.9 Å². The average Bonchev–Trinajstić information content (AvgIpc) is 2.81. The predicted molar refractivity (Wildman–Crippen MR) is 84.0 cm³/mol. The molecule has 0 bridgehead atoms. The van der Waals surface area contributed by atoms with Crippen LogP contribution in [-0.2, 0) is 9.53 Å². The molecule has 1 heterocycles. The van der Waals surface area contributed by atoms with Gasteiger partial charge in [-0.3, -0.25) is 9.69 Å². The molecule has 1 aliphatic heterocycles. The number of ether oxygens (including phenoxy) is 1. The Kier molecular flexibility index (Phi) is 5.63. The summed E-state index contributed by atoms with van der Waals surface area (Å²) in [4.78, 5) is 17.1. The zero-order valence-electron chi connectivity index (χ0n) is 13.8. The number of hydrogen-bond donors (Lipinski definition) is 1. The molecule has 3 unspecified atom stereocenters. The summed E-state index contributed by atoms with van der Waals surface area (Å²) in [6.45, 7) is 8.94. The zero-order valence-corrected chi connectivity index (χ0v) is 13.8. The van der Waals surface area contributed by atoms with Crippen molar-refractivity contribution in [2.24, 2.45) is 11.7 Å². The molecule has 0 spiro atoms. The monoisotopic (exact) mass is 297 g/mol. The summed E-state index contributed by atoms with van der Waals surface area (Å²) in [7, 11) is 2.18. The maximum atomic E-state index is 12.2. The minimum absolute atomic E-state index is 0.195. The third-order valence-electron chi connectivity index (χ3n) is 5.26. The molecule has 122 valence electrons. The number of carbonyl (C=O) groups excluding carboxylic acids is 1. The van der Waals surface area contributed by atoms with Gasteiger partial charge in [0.25, 0.3) is 0 Å². The Balaban J connectivity index is 1.88. The van der Waals surface area contributed by atoms with E-state index < -0.39 is 5.54 Å². The summed E-state index contributed by atoms with van der Waals surface area (Å²) in [6, 6.07) is 0.583. The van der Waals surface area contributed by atoms with E-state index in [2.05, 4.69) is 23.8 Å². The van der Waals surface area contributed by atoms with Gasteiger partial charge in [0.15, 0.2) is 0 Å². The van der Waals surface area contributed by atoms with Crippen LogP contribution in [0.5, 0.6) is 0 Å². The number of esters is 1. The number of nitrogens with zero attached hydrogens (tertiary/aromatic N) is 2. The highest BCUT2D eigenvalue weighted by molar-refractivity contribution is 5.81. The molecule has 5 nitrogen and oxygen atoms in total. The highest BCUT2D eigenvalue weighted by atomic mass is 16.5. The van der Waals surface area contributed by atoms with Crippen LogP contribution < -0.4 is 5.73 Å². The van der Waals surface area contributed by atoms with Gasteiger partial charge in [-0.05, 0) is 52.6 Å². The summed E-state index contributed by atoms with van der Waals surface area (Å²) < 4.78 is 5.20. The minimum Gasteiger partial charge on any atom is -0.465 e.